The SMILES string of the molecule is O=C(Nc1ccc(CO)cc1)c1cc(-c2cnccn2)nc2ccccc12. The monoisotopic (exact) mass is 356 g/mol. The van der Waals surface area contributed by atoms with E-state index in [0.717, 1.165) is 10.9 Å². The number of para-hydroxylation sites is 1. The lowest BCUT2D eigenvalue weighted by Crippen LogP contribution is -2.13. The summed E-state index contributed by atoms with van der Waals surface area (Å²) in [5.74, 6) is -0.240. The largest absolute Gasteiger partial charge is 0.392 e. The minimum atomic E-state index is -0.240. The number of aromatic nitrogens is 3. The fourth-order valence-corrected chi connectivity index (χ4v) is 2.82. The third-order valence-corrected chi connectivity index (χ3v) is 4.18. The Hall–Kier alpha value is -3.64. The molecule has 6 heteroatoms. The Morgan fingerprint density at radius 3 is 2.56 bits per heavy atom. The predicted molar refractivity (Wildman–Crippen MR) is 103 cm³/mol. The number of hydrogen-bond donors (Lipinski definition) is 2. The summed E-state index contributed by atoms with van der Waals surface area (Å²) in [4.78, 5) is 25.9. The highest BCUT2D eigenvalue weighted by molar-refractivity contribution is 6.13. The van der Waals surface area contributed by atoms with Gasteiger partial charge in [-0.15, -0.1) is 0 Å². The summed E-state index contributed by atoms with van der Waals surface area (Å²) < 4.78 is 0. The van der Waals surface area contributed by atoms with Gasteiger partial charge in [0, 0.05) is 23.5 Å². The second-order valence-corrected chi connectivity index (χ2v) is 5.97. The fraction of sp³-hybridized carbons (Fsp3) is 0.0476. The number of carbonyl (C=O) groups is 1. The summed E-state index contributed by atoms with van der Waals surface area (Å²) in [6.45, 7) is -0.0370. The number of carbonyl (C=O) groups excluding carboxylic acids is 1. The van der Waals surface area contributed by atoms with Crippen molar-refractivity contribution >= 4 is 22.5 Å². The van der Waals surface area contributed by atoms with Crippen molar-refractivity contribution in [2.24, 2.45) is 0 Å². The van der Waals surface area contributed by atoms with Crippen molar-refractivity contribution in [3.63, 3.8) is 0 Å². The maximum absolute atomic E-state index is 12.9. The molecular weight excluding hydrogens is 340 g/mol. The number of rotatable bonds is 4. The van der Waals surface area contributed by atoms with Gasteiger partial charge in [-0.1, -0.05) is 30.3 Å². The molecule has 0 radical (unpaired) electrons. The Labute approximate surface area is 155 Å². The van der Waals surface area contributed by atoms with E-state index in [9.17, 15) is 4.79 Å². The molecule has 4 rings (SSSR count). The van der Waals surface area contributed by atoms with Crippen LogP contribution >= 0.6 is 0 Å². The van der Waals surface area contributed by atoms with Crippen LogP contribution in [0, 0.1) is 0 Å². The Balaban J connectivity index is 1.75. The number of anilines is 1. The lowest BCUT2D eigenvalue weighted by Gasteiger charge is -2.10. The van der Waals surface area contributed by atoms with E-state index in [1.54, 1.807) is 48.9 Å². The molecule has 4 aromatic rings. The number of aliphatic hydroxyl groups excluding tert-OH is 1. The number of nitrogens with one attached hydrogen (secondary N) is 1. The molecule has 0 unspecified atom stereocenters. The molecule has 0 spiro atoms. The molecule has 2 N–H and O–H groups in total. The van der Waals surface area contributed by atoms with Crippen LogP contribution in [0.3, 0.4) is 0 Å². The third kappa shape index (κ3) is 3.51. The maximum Gasteiger partial charge on any atom is 0.256 e. The normalized spacial score (nSPS) is 10.7. The van der Waals surface area contributed by atoms with E-state index in [-0.39, 0.29) is 12.5 Å². The first kappa shape index (κ1) is 16.8. The van der Waals surface area contributed by atoms with Gasteiger partial charge in [0.1, 0.15) is 5.69 Å². The van der Waals surface area contributed by atoms with Crippen LogP contribution in [0.4, 0.5) is 5.69 Å². The highest BCUT2D eigenvalue weighted by Crippen LogP contribution is 2.24. The van der Waals surface area contributed by atoms with Crippen molar-refractivity contribution in [2.45, 2.75) is 6.61 Å². The minimum absolute atomic E-state index is 0.0370. The van der Waals surface area contributed by atoms with Gasteiger partial charge in [-0.05, 0) is 29.8 Å². The molecule has 0 aliphatic heterocycles. The van der Waals surface area contributed by atoms with Crippen LogP contribution in [0.1, 0.15) is 15.9 Å². The van der Waals surface area contributed by atoms with E-state index in [4.69, 9.17) is 5.11 Å². The molecule has 0 aliphatic carbocycles. The molecular formula is C21H16N4O2. The molecule has 1 amide bonds. The average molecular weight is 356 g/mol. The van der Waals surface area contributed by atoms with Gasteiger partial charge in [0.05, 0.1) is 29.6 Å². The molecule has 0 fully saturated rings. The quantitative estimate of drug-likeness (QED) is 0.585. The summed E-state index contributed by atoms with van der Waals surface area (Å²) in [6.07, 6.45) is 4.80. The van der Waals surface area contributed by atoms with E-state index in [2.05, 4.69) is 20.3 Å². The number of nitrogens with zero attached hydrogens (tertiary/aromatic N) is 3. The van der Waals surface area contributed by atoms with Crippen LogP contribution in [0.15, 0.2) is 73.2 Å². The van der Waals surface area contributed by atoms with E-state index in [0.29, 0.717) is 28.2 Å². The van der Waals surface area contributed by atoms with Crippen molar-refractivity contribution < 1.29 is 9.90 Å². The van der Waals surface area contributed by atoms with Crippen molar-refractivity contribution in [1.29, 1.82) is 0 Å². The maximum atomic E-state index is 12.9. The molecule has 6 nitrogen and oxygen atoms in total. The Morgan fingerprint density at radius 2 is 1.81 bits per heavy atom. The van der Waals surface area contributed by atoms with Crippen molar-refractivity contribution in [3.8, 4) is 11.4 Å². The number of aliphatic hydroxyl groups is 1. The number of amides is 1. The van der Waals surface area contributed by atoms with Gasteiger partial charge in [0.2, 0.25) is 0 Å². The first-order chi connectivity index (χ1) is 13.2. The van der Waals surface area contributed by atoms with Crippen LogP contribution in [0.25, 0.3) is 22.3 Å². The van der Waals surface area contributed by atoms with Gasteiger partial charge in [0.15, 0.2) is 0 Å². The van der Waals surface area contributed by atoms with Crippen molar-refractivity contribution in [2.75, 3.05) is 5.32 Å². The lowest BCUT2D eigenvalue weighted by atomic mass is 10.1. The zero-order valence-electron chi connectivity index (χ0n) is 14.3. The highest BCUT2D eigenvalue weighted by Gasteiger charge is 2.14. The standard InChI is InChI=1S/C21H16N4O2/c26-13-14-5-7-15(8-6-14)24-21(27)17-11-19(20-12-22-9-10-23-20)25-18-4-2-1-3-16(17)18/h1-12,26H,13H2,(H,24,27). The molecule has 2 aromatic heterocycles. The topological polar surface area (TPSA) is 88.0 Å². The number of pyridine rings is 1. The molecule has 132 valence electrons. The third-order valence-electron chi connectivity index (χ3n) is 4.18. The lowest BCUT2D eigenvalue weighted by molar-refractivity contribution is 0.102. The number of benzene rings is 2. The summed E-state index contributed by atoms with van der Waals surface area (Å²) >= 11 is 0. The van der Waals surface area contributed by atoms with Crippen LogP contribution in [0.5, 0.6) is 0 Å². The predicted octanol–water partition coefficient (Wildman–Crippen LogP) is 3.44. The smallest absolute Gasteiger partial charge is 0.256 e. The van der Waals surface area contributed by atoms with Crippen molar-refractivity contribution in [1.82, 2.24) is 15.0 Å². The van der Waals surface area contributed by atoms with Crippen LogP contribution in [-0.4, -0.2) is 26.0 Å². The van der Waals surface area contributed by atoms with Gasteiger partial charge in [-0.3, -0.25) is 14.8 Å². The molecule has 27 heavy (non-hydrogen) atoms. The van der Waals surface area contributed by atoms with E-state index >= 15 is 0 Å². The van der Waals surface area contributed by atoms with Crippen molar-refractivity contribution in [3.05, 3.63) is 84.3 Å². The first-order valence-electron chi connectivity index (χ1n) is 8.42. The van der Waals surface area contributed by atoms with Gasteiger partial charge in [0.25, 0.3) is 5.91 Å². The molecule has 2 heterocycles. The summed E-state index contributed by atoms with van der Waals surface area (Å²) in [7, 11) is 0. The first-order valence-corrected chi connectivity index (χ1v) is 8.42. The van der Waals surface area contributed by atoms with Crippen LogP contribution in [0.2, 0.25) is 0 Å². The Kier molecular flexibility index (Phi) is 4.55. The van der Waals surface area contributed by atoms with Gasteiger partial charge >= 0.3 is 0 Å². The number of hydrogen-bond acceptors (Lipinski definition) is 5. The zero-order chi connectivity index (χ0) is 18.6. The molecule has 0 atom stereocenters. The Morgan fingerprint density at radius 1 is 1.00 bits per heavy atom. The summed E-state index contributed by atoms with van der Waals surface area (Å²) in [5.41, 5.74) is 3.84. The Bertz CT molecular complexity index is 1100. The minimum Gasteiger partial charge on any atom is -0.392 e. The zero-order valence-corrected chi connectivity index (χ0v) is 14.3. The summed E-state index contributed by atoms with van der Waals surface area (Å²) in [6, 6.07) is 16.3. The molecule has 0 saturated carbocycles. The highest BCUT2D eigenvalue weighted by atomic mass is 16.3. The second-order valence-electron chi connectivity index (χ2n) is 5.97. The van der Waals surface area contributed by atoms with Gasteiger partial charge < -0.3 is 10.4 Å². The molecule has 0 aliphatic rings. The van der Waals surface area contributed by atoms with Crippen LogP contribution < -0.4 is 5.32 Å². The van der Waals surface area contributed by atoms with Gasteiger partial charge in [-0.2, -0.15) is 0 Å². The molecule has 2 aromatic carbocycles. The van der Waals surface area contributed by atoms with Gasteiger partial charge in [-0.25, -0.2) is 4.98 Å². The summed E-state index contributed by atoms with van der Waals surface area (Å²) in [5, 5.41) is 12.8. The van der Waals surface area contributed by atoms with E-state index in [1.165, 1.54) is 0 Å². The number of fused-ring (bicyclic) bond motifs is 1. The van der Waals surface area contributed by atoms with E-state index < -0.39 is 0 Å². The van der Waals surface area contributed by atoms with Crippen LogP contribution in [-0.2, 0) is 6.61 Å². The molecule has 0 saturated heterocycles. The molecule has 0 bridgehead atoms. The second kappa shape index (κ2) is 7.31. The average Bonchev–Trinajstić information content (AvgIpc) is 2.74. The fourth-order valence-electron chi connectivity index (χ4n) is 2.82. The van der Waals surface area contributed by atoms with E-state index in [1.807, 2.05) is 24.3 Å².